The van der Waals surface area contributed by atoms with E-state index < -0.39 is 16.0 Å². The van der Waals surface area contributed by atoms with Gasteiger partial charge in [0.25, 0.3) is 0 Å². The van der Waals surface area contributed by atoms with E-state index in [1.54, 1.807) is 19.1 Å². The molecule has 1 amide bonds. The van der Waals surface area contributed by atoms with Crippen LogP contribution in [0.1, 0.15) is 25.8 Å². The van der Waals surface area contributed by atoms with Gasteiger partial charge in [-0.15, -0.1) is 0 Å². The van der Waals surface area contributed by atoms with Crippen molar-refractivity contribution in [2.24, 2.45) is 0 Å². The van der Waals surface area contributed by atoms with E-state index in [1.165, 1.54) is 0 Å². The van der Waals surface area contributed by atoms with Crippen LogP contribution in [-0.2, 0) is 21.3 Å². The summed E-state index contributed by atoms with van der Waals surface area (Å²) in [5, 5.41) is 2.87. The van der Waals surface area contributed by atoms with Gasteiger partial charge in [-0.25, -0.2) is 0 Å². The monoisotopic (exact) mass is 287 g/mol. The van der Waals surface area contributed by atoms with Gasteiger partial charge in [0.15, 0.2) is 0 Å². The smallest absolute Gasteiger partial charge is 0.235 e. The third kappa shape index (κ3) is 4.78. The van der Waals surface area contributed by atoms with Gasteiger partial charge in [-0.2, -0.15) is 0 Å². The molecule has 0 bridgehead atoms. The number of carbonyl (C=O) groups excluding carboxylic acids is 1. The largest absolute Gasteiger partial charge is 0.355 e. The average Bonchev–Trinajstić information content (AvgIpc) is 2.35. The van der Waals surface area contributed by atoms with Gasteiger partial charge in [0.2, 0.25) is 5.91 Å². The molecule has 1 rings (SSSR count). The molecule has 5 heteroatoms. The molecule has 0 heterocycles. The maximum Gasteiger partial charge on any atom is 0.235 e. The second kappa shape index (κ2) is 7.54. The molecule has 2 atom stereocenters. The molecule has 0 fully saturated rings. The fourth-order valence-corrected chi connectivity index (χ4v) is 2.72. The first kappa shape index (κ1) is 15.2. The van der Waals surface area contributed by atoms with Crippen LogP contribution in [0.3, 0.4) is 0 Å². The highest BCUT2D eigenvalue weighted by molar-refractivity contribution is 7.85. The van der Waals surface area contributed by atoms with Gasteiger partial charge in [-0.1, -0.05) is 30.7 Å². The van der Waals surface area contributed by atoms with Gasteiger partial charge in [-0.3, -0.25) is 9.00 Å². The number of hydrogen-bond acceptors (Lipinski definition) is 2. The molecule has 0 aliphatic rings. The lowest BCUT2D eigenvalue weighted by atomic mass is 10.2. The number of benzene rings is 1. The molecular formula is C13H18ClNO2S. The van der Waals surface area contributed by atoms with Crippen molar-refractivity contribution < 1.29 is 9.00 Å². The summed E-state index contributed by atoms with van der Waals surface area (Å²) in [5.74, 6) is 0.193. The van der Waals surface area contributed by atoms with E-state index in [2.05, 4.69) is 5.32 Å². The van der Waals surface area contributed by atoms with E-state index in [1.807, 2.05) is 19.1 Å². The zero-order valence-electron chi connectivity index (χ0n) is 10.6. The molecule has 0 aliphatic carbocycles. The lowest BCUT2D eigenvalue weighted by molar-refractivity contribution is -0.120. The summed E-state index contributed by atoms with van der Waals surface area (Å²) < 4.78 is 12.0. The molecule has 100 valence electrons. The Morgan fingerprint density at radius 3 is 2.83 bits per heavy atom. The predicted molar refractivity (Wildman–Crippen MR) is 76.1 cm³/mol. The van der Waals surface area contributed by atoms with Gasteiger partial charge < -0.3 is 5.32 Å². The highest BCUT2D eigenvalue weighted by Gasteiger charge is 2.19. The summed E-state index contributed by atoms with van der Waals surface area (Å²) in [6.07, 6.45) is 0.874. The van der Waals surface area contributed by atoms with Gasteiger partial charge >= 0.3 is 0 Å². The molecule has 0 aromatic heterocycles. The SMILES string of the molecule is CCCNC(=O)[C@H](C)[S@](=O)Cc1cccc(Cl)c1. The molecule has 1 N–H and O–H groups in total. The molecular weight excluding hydrogens is 270 g/mol. The van der Waals surface area contributed by atoms with E-state index in [0.29, 0.717) is 17.3 Å². The highest BCUT2D eigenvalue weighted by atomic mass is 35.5. The Balaban J connectivity index is 2.57. The van der Waals surface area contributed by atoms with Crippen LogP contribution in [0, 0.1) is 0 Å². The maximum absolute atomic E-state index is 12.0. The Kier molecular flexibility index (Phi) is 6.36. The van der Waals surface area contributed by atoms with E-state index in [-0.39, 0.29) is 5.91 Å². The van der Waals surface area contributed by atoms with Crippen LogP contribution >= 0.6 is 11.6 Å². The Hall–Kier alpha value is -0.870. The summed E-state index contributed by atoms with van der Waals surface area (Å²) >= 11 is 5.86. The van der Waals surface area contributed by atoms with Crippen LogP contribution in [0.2, 0.25) is 5.02 Å². The lowest BCUT2D eigenvalue weighted by Crippen LogP contribution is -2.36. The highest BCUT2D eigenvalue weighted by Crippen LogP contribution is 2.13. The Bertz CT molecular complexity index is 437. The number of amides is 1. The van der Waals surface area contributed by atoms with Crippen molar-refractivity contribution in [1.82, 2.24) is 5.32 Å². The van der Waals surface area contributed by atoms with Crippen LogP contribution in [0.4, 0.5) is 0 Å². The normalized spacial score (nSPS) is 13.9. The molecule has 0 radical (unpaired) electrons. The van der Waals surface area contributed by atoms with Crippen LogP contribution in [-0.4, -0.2) is 21.9 Å². The molecule has 0 saturated heterocycles. The van der Waals surface area contributed by atoms with Crippen molar-refractivity contribution in [1.29, 1.82) is 0 Å². The Morgan fingerprint density at radius 2 is 2.22 bits per heavy atom. The second-order valence-electron chi connectivity index (χ2n) is 4.09. The van der Waals surface area contributed by atoms with Gasteiger partial charge in [0, 0.05) is 28.1 Å². The molecule has 0 spiro atoms. The Labute approximate surface area is 115 Å². The summed E-state index contributed by atoms with van der Waals surface area (Å²) in [7, 11) is -1.23. The topological polar surface area (TPSA) is 46.2 Å². The number of rotatable bonds is 6. The van der Waals surface area contributed by atoms with Gasteiger partial charge in [0.05, 0.1) is 0 Å². The fraction of sp³-hybridized carbons (Fsp3) is 0.462. The zero-order valence-corrected chi connectivity index (χ0v) is 12.2. The summed E-state index contributed by atoms with van der Waals surface area (Å²) in [4.78, 5) is 11.7. The van der Waals surface area contributed by atoms with Gasteiger partial charge in [-0.05, 0) is 31.0 Å². The Morgan fingerprint density at radius 1 is 1.50 bits per heavy atom. The molecule has 0 unspecified atom stereocenters. The molecule has 1 aromatic carbocycles. The van der Waals surface area contributed by atoms with E-state index in [0.717, 1.165) is 12.0 Å². The van der Waals surface area contributed by atoms with E-state index in [9.17, 15) is 9.00 Å². The molecule has 3 nitrogen and oxygen atoms in total. The van der Waals surface area contributed by atoms with Crippen molar-refractivity contribution in [2.75, 3.05) is 6.54 Å². The van der Waals surface area contributed by atoms with Crippen molar-refractivity contribution >= 4 is 28.3 Å². The van der Waals surface area contributed by atoms with Crippen LogP contribution in [0.15, 0.2) is 24.3 Å². The molecule has 18 heavy (non-hydrogen) atoms. The van der Waals surface area contributed by atoms with Crippen molar-refractivity contribution in [2.45, 2.75) is 31.3 Å². The van der Waals surface area contributed by atoms with Crippen molar-refractivity contribution in [3.8, 4) is 0 Å². The fourth-order valence-electron chi connectivity index (χ4n) is 1.43. The number of hydrogen-bond donors (Lipinski definition) is 1. The van der Waals surface area contributed by atoms with E-state index >= 15 is 0 Å². The first-order valence-corrected chi connectivity index (χ1v) is 7.70. The number of carbonyl (C=O) groups is 1. The molecule has 1 aromatic rings. The summed E-state index contributed by atoms with van der Waals surface area (Å²) in [5.41, 5.74) is 0.885. The molecule has 0 saturated carbocycles. The standard InChI is InChI=1S/C13H18ClNO2S/c1-3-7-15-13(16)10(2)18(17)9-11-5-4-6-12(14)8-11/h4-6,8,10H,3,7,9H2,1-2H3,(H,15,16)/t10-,18+/m0/s1. The minimum atomic E-state index is -1.23. The third-order valence-electron chi connectivity index (χ3n) is 2.51. The zero-order chi connectivity index (χ0) is 13.5. The van der Waals surface area contributed by atoms with Crippen LogP contribution < -0.4 is 5.32 Å². The van der Waals surface area contributed by atoms with E-state index in [4.69, 9.17) is 11.6 Å². The summed E-state index contributed by atoms with van der Waals surface area (Å²) in [6, 6.07) is 7.22. The third-order valence-corrected chi connectivity index (χ3v) is 4.37. The average molecular weight is 288 g/mol. The summed E-state index contributed by atoms with van der Waals surface area (Å²) in [6.45, 7) is 4.29. The number of nitrogens with one attached hydrogen (secondary N) is 1. The van der Waals surface area contributed by atoms with Gasteiger partial charge in [0.1, 0.15) is 5.25 Å². The van der Waals surface area contributed by atoms with Crippen molar-refractivity contribution in [3.05, 3.63) is 34.9 Å². The minimum absolute atomic E-state index is 0.155. The maximum atomic E-state index is 12.0. The lowest BCUT2D eigenvalue weighted by Gasteiger charge is -2.11. The second-order valence-corrected chi connectivity index (χ2v) is 6.28. The molecule has 0 aliphatic heterocycles. The minimum Gasteiger partial charge on any atom is -0.355 e. The quantitative estimate of drug-likeness (QED) is 0.874. The predicted octanol–water partition coefficient (Wildman–Crippen LogP) is 2.50. The first-order valence-electron chi connectivity index (χ1n) is 5.94. The first-order chi connectivity index (χ1) is 8.54. The van der Waals surface area contributed by atoms with Crippen molar-refractivity contribution in [3.63, 3.8) is 0 Å². The van der Waals surface area contributed by atoms with Crippen LogP contribution in [0.5, 0.6) is 0 Å². The van der Waals surface area contributed by atoms with Crippen LogP contribution in [0.25, 0.3) is 0 Å². The number of halogens is 1.